The van der Waals surface area contributed by atoms with E-state index >= 15 is 0 Å². The molecule has 0 amide bonds. The summed E-state index contributed by atoms with van der Waals surface area (Å²) in [6, 6.07) is 71.0. The highest BCUT2D eigenvalue weighted by atomic mass is 16.3. The van der Waals surface area contributed by atoms with Gasteiger partial charge in [0.05, 0.1) is 17.1 Å². The Bertz CT molecular complexity index is 2590. The molecule has 0 atom stereocenters. The molecule has 0 aliphatic rings. The van der Waals surface area contributed by atoms with Gasteiger partial charge in [0.25, 0.3) is 0 Å². The van der Waals surface area contributed by atoms with Gasteiger partial charge in [0, 0.05) is 21.9 Å². The molecule has 1 aromatic heterocycles. The number of hydrogen-bond donors (Lipinski definition) is 0. The number of fused-ring (bicyclic) bond motifs is 3. The standard InChI is InChI=1S/C48H33NO/c1-4-18-34(19-5-1)37-24-10-11-27-41(37)47-39(36-22-8-3-9-23-36)28-16-31-44(47)49(43-30-14-12-25-38(43)35-20-6-2-7-21-35)45-32-17-29-42-40-26-13-15-33-46(40)50-48(42)45/h1-33H. The number of furan rings is 1. The summed E-state index contributed by atoms with van der Waals surface area (Å²) in [6.07, 6.45) is 0. The smallest absolute Gasteiger partial charge is 0.159 e. The molecule has 50 heavy (non-hydrogen) atoms. The van der Waals surface area contributed by atoms with Crippen molar-refractivity contribution in [2.75, 3.05) is 4.90 Å². The first-order chi connectivity index (χ1) is 24.8. The van der Waals surface area contributed by atoms with E-state index in [0.717, 1.165) is 72.4 Å². The summed E-state index contributed by atoms with van der Waals surface area (Å²) in [5.41, 5.74) is 14.1. The average molecular weight is 640 g/mol. The van der Waals surface area contributed by atoms with E-state index in [1.807, 2.05) is 6.07 Å². The molecule has 9 rings (SSSR count). The Morgan fingerprint density at radius 2 is 0.760 bits per heavy atom. The number of hydrogen-bond acceptors (Lipinski definition) is 2. The summed E-state index contributed by atoms with van der Waals surface area (Å²) in [7, 11) is 0. The van der Waals surface area contributed by atoms with Crippen LogP contribution in [0.15, 0.2) is 205 Å². The van der Waals surface area contributed by atoms with Gasteiger partial charge >= 0.3 is 0 Å². The van der Waals surface area contributed by atoms with E-state index in [1.54, 1.807) is 0 Å². The molecule has 1 heterocycles. The Kier molecular flexibility index (Phi) is 7.53. The van der Waals surface area contributed by atoms with E-state index in [2.05, 4.69) is 199 Å². The maximum Gasteiger partial charge on any atom is 0.159 e. The highest BCUT2D eigenvalue weighted by Gasteiger charge is 2.26. The van der Waals surface area contributed by atoms with Gasteiger partial charge in [-0.15, -0.1) is 0 Å². The van der Waals surface area contributed by atoms with Crippen molar-refractivity contribution in [1.82, 2.24) is 0 Å². The second kappa shape index (κ2) is 12.8. The molecule has 0 aliphatic carbocycles. The van der Waals surface area contributed by atoms with Crippen LogP contribution in [0.2, 0.25) is 0 Å². The van der Waals surface area contributed by atoms with Crippen LogP contribution in [0.4, 0.5) is 17.1 Å². The average Bonchev–Trinajstić information content (AvgIpc) is 3.59. The van der Waals surface area contributed by atoms with Gasteiger partial charge in [0.15, 0.2) is 5.58 Å². The lowest BCUT2D eigenvalue weighted by molar-refractivity contribution is 0.669. The van der Waals surface area contributed by atoms with Crippen molar-refractivity contribution in [3.63, 3.8) is 0 Å². The SMILES string of the molecule is c1ccc(-c2ccccc2-c2c(-c3ccccc3)cccc2N(c2ccccc2-c2ccccc2)c2cccc3c2oc2ccccc23)cc1. The number of benzene rings is 8. The number of para-hydroxylation sites is 3. The number of anilines is 3. The summed E-state index contributed by atoms with van der Waals surface area (Å²) in [5, 5.41) is 2.19. The van der Waals surface area contributed by atoms with Crippen LogP contribution < -0.4 is 4.90 Å². The fourth-order valence-corrected chi connectivity index (χ4v) is 7.27. The molecule has 0 fully saturated rings. The van der Waals surface area contributed by atoms with Crippen LogP contribution in [0, 0.1) is 0 Å². The van der Waals surface area contributed by atoms with Crippen LogP contribution in [0.1, 0.15) is 0 Å². The Morgan fingerprint density at radius 3 is 1.48 bits per heavy atom. The van der Waals surface area contributed by atoms with Crippen molar-refractivity contribution < 1.29 is 4.42 Å². The zero-order chi connectivity index (χ0) is 33.3. The van der Waals surface area contributed by atoms with Crippen LogP contribution >= 0.6 is 0 Å². The van der Waals surface area contributed by atoms with Gasteiger partial charge < -0.3 is 9.32 Å². The lowest BCUT2D eigenvalue weighted by atomic mass is 9.87. The van der Waals surface area contributed by atoms with E-state index in [-0.39, 0.29) is 0 Å². The summed E-state index contributed by atoms with van der Waals surface area (Å²) in [5.74, 6) is 0. The predicted octanol–water partition coefficient (Wildman–Crippen LogP) is 13.7. The molecule has 0 saturated carbocycles. The Hall–Kier alpha value is -6.64. The molecule has 9 aromatic rings. The van der Waals surface area contributed by atoms with Gasteiger partial charge in [-0.3, -0.25) is 0 Å². The van der Waals surface area contributed by atoms with Crippen molar-refractivity contribution in [2.24, 2.45) is 0 Å². The van der Waals surface area contributed by atoms with Crippen LogP contribution in [0.5, 0.6) is 0 Å². The Balaban J connectivity index is 1.42. The maximum atomic E-state index is 6.76. The normalized spacial score (nSPS) is 11.2. The van der Waals surface area contributed by atoms with Crippen LogP contribution in [-0.4, -0.2) is 0 Å². The number of rotatable bonds is 7. The minimum atomic E-state index is 0.851. The van der Waals surface area contributed by atoms with Gasteiger partial charge in [0.2, 0.25) is 0 Å². The second-order valence-electron chi connectivity index (χ2n) is 12.4. The van der Waals surface area contributed by atoms with E-state index in [9.17, 15) is 0 Å². The summed E-state index contributed by atoms with van der Waals surface area (Å²) in [6.45, 7) is 0. The fourth-order valence-electron chi connectivity index (χ4n) is 7.27. The first kappa shape index (κ1) is 29.5. The third kappa shape index (κ3) is 5.15. The predicted molar refractivity (Wildman–Crippen MR) is 210 cm³/mol. The molecule has 0 bridgehead atoms. The largest absolute Gasteiger partial charge is 0.454 e. The third-order valence-corrected chi connectivity index (χ3v) is 9.50. The first-order valence-corrected chi connectivity index (χ1v) is 17.0. The minimum absolute atomic E-state index is 0.851. The minimum Gasteiger partial charge on any atom is -0.454 e. The van der Waals surface area contributed by atoms with E-state index in [0.29, 0.717) is 0 Å². The molecular formula is C48H33NO. The highest BCUT2D eigenvalue weighted by Crippen LogP contribution is 2.51. The quantitative estimate of drug-likeness (QED) is 0.173. The van der Waals surface area contributed by atoms with Crippen LogP contribution in [0.3, 0.4) is 0 Å². The lowest BCUT2D eigenvalue weighted by Gasteiger charge is -2.31. The molecule has 0 spiro atoms. The third-order valence-electron chi connectivity index (χ3n) is 9.50. The van der Waals surface area contributed by atoms with Gasteiger partial charge in [-0.2, -0.15) is 0 Å². The highest BCUT2D eigenvalue weighted by molar-refractivity contribution is 6.12. The molecule has 0 radical (unpaired) electrons. The maximum absolute atomic E-state index is 6.76. The molecular weight excluding hydrogens is 607 g/mol. The van der Waals surface area contributed by atoms with Crippen LogP contribution in [-0.2, 0) is 0 Å². The lowest BCUT2D eigenvalue weighted by Crippen LogP contribution is -2.13. The van der Waals surface area contributed by atoms with Gasteiger partial charge in [-0.05, 0) is 57.6 Å². The summed E-state index contributed by atoms with van der Waals surface area (Å²) in [4.78, 5) is 2.41. The molecule has 2 nitrogen and oxygen atoms in total. The summed E-state index contributed by atoms with van der Waals surface area (Å²) < 4.78 is 6.76. The summed E-state index contributed by atoms with van der Waals surface area (Å²) >= 11 is 0. The molecule has 0 saturated heterocycles. The number of nitrogens with zero attached hydrogens (tertiary/aromatic N) is 1. The van der Waals surface area contributed by atoms with Gasteiger partial charge in [-0.1, -0.05) is 176 Å². The molecule has 0 N–H and O–H groups in total. The van der Waals surface area contributed by atoms with E-state index < -0.39 is 0 Å². The Labute approximate surface area is 292 Å². The van der Waals surface area contributed by atoms with Crippen molar-refractivity contribution in [3.8, 4) is 44.5 Å². The van der Waals surface area contributed by atoms with Crippen molar-refractivity contribution in [1.29, 1.82) is 0 Å². The fraction of sp³-hybridized carbons (Fsp3) is 0. The van der Waals surface area contributed by atoms with Crippen molar-refractivity contribution >= 4 is 39.0 Å². The zero-order valence-electron chi connectivity index (χ0n) is 27.4. The molecule has 236 valence electrons. The van der Waals surface area contributed by atoms with Crippen LogP contribution in [0.25, 0.3) is 66.4 Å². The molecule has 0 unspecified atom stereocenters. The van der Waals surface area contributed by atoms with Crippen molar-refractivity contribution in [2.45, 2.75) is 0 Å². The molecule has 0 aliphatic heterocycles. The molecule has 2 heteroatoms. The van der Waals surface area contributed by atoms with E-state index in [1.165, 1.54) is 11.1 Å². The topological polar surface area (TPSA) is 16.4 Å². The van der Waals surface area contributed by atoms with E-state index in [4.69, 9.17) is 4.42 Å². The second-order valence-corrected chi connectivity index (χ2v) is 12.4. The molecule has 8 aromatic carbocycles. The first-order valence-electron chi connectivity index (χ1n) is 17.0. The monoisotopic (exact) mass is 639 g/mol. The Morgan fingerprint density at radius 1 is 0.300 bits per heavy atom. The van der Waals surface area contributed by atoms with Gasteiger partial charge in [-0.25, -0.2) is 0 Å². The zero-order valence-corrected chi connectivity index (χ0v) is 27.4. The van der Waals surface area contributed by atoms with Gasteiger partial charge in [0.1, 0.15) is 5.58 Å². The van der Waals surface area contributed by atoms with Crippen molar-refractivity contribution in [3.05, 3.63) is 200 Å².